The molecule has 5 nitrogen and oxygen atoms in total. The van der Waals surface area contributed by atoms with E-state index in [9.17, 15) is 9.59 Å². The normalized spacial score (nSPS) is 19.3. The number of rotatable bonds is 2. The van der Waals surface area contributed by atoms with Crippen LogP contribution in [0.25, 0.3) is 0 Å². The molecule has 1 aliphatic heterocycles. The highest BCUT2D eigenvalue weighted by Gasteiger charge is 2.47. The number of anilines is 2. The van der Waals surface area contributed by atoms with E-state index in [1.165, 1.54) is 6.92 Å². The molecule has 118 valence electrons. The molecular formula is C18H18N2O3. The van der Waals surface area contributed by atoms with Crippen LogP contribution in [0.3, 0.4) is 0 Å². The van der Waals surface area contributed by atoms with Gasteiger partial charge in [-0.1, -0.05) is 18.2 Å². The Bertz CT molecular complexity index is 801. The molecule has 2 amide bonds. The fraction of sp³-hybridized carbons (Fsp3) is 0.222. The van der Waals surface area contributed by atoms with Crippen molar-refractivity contribution in [3.63, 3.8) is 0 Å². The van der Waals surface area contributed by atoms with Crippen LogP contribution >= 0.6 is 0 Å². The van der Waals surface area contributed by atoms with E-state index in [0.717, 1.165) is 11.1 Å². The second-order valence-corrected chi connectivity index (χ2v) is 5.84. The molecule has 2 N–H and O–H groups in total. The van der Waals surface area contributed by atoms with Crippen LogP contribution in [0.5, 0.6) is 5.75 Å². The molecule has 0 aromatic heterocycles. The molecule has 2 aromatic rings. The third-order valence-electron chi connectivity index (χ3n) is 4.08. The van der Waals surface area contributed by atoms with Gasteiger partial charge in [-0.3, -0.25) is 9.59 Å². The first kappa shape index (κ1) is 15.1. The minimum Gasteiger partial charge on any atom is -0.466 e. The lowest BCUT2D eigenvalue weighted by molar-refractivity contribution is -0.143. The lowest BCUT2D eigenvalue weighted by atomic mass is 10.0. The average molecular weight is 310 g/mol. The number of ether oxygens (including phenoxy) is 1. The molecule has 0 saturated heterocycles. The Morgan fingerprint density at radius 1 is 1.13 bits per heavy atom. The van der Waals surface area contributed by atoms with Gasteiger partial charge in [0.2, 0.25) is 0 Å². The van der Waals surface area contributed by atoms with Gasteiger partial charge in [0.15, 0.2) is 0 Å². The van der Waals surface area contributed by atoms with E-state index in [1.54, 1.807) is 30.3 Å². The summed E-state index contributed by atoms with van der Waals surface area (Å²) in [5.41, 5.74) is 1.78. The number of hydrogen-bond acceptors (Lipinski definition) is 3. The Morgan fingerprint density at radius 3 is 2.61 bits per heavy atom. The van der Waals surface area contributed by atoms with Crippen molar-refractivity contribution >= 4 is 23.2 Å². The first-order valence-corrected chi connectivity index (χ1v) is 7.38. The van der Waals surface area contributed by atoms with Crippen molar-refractivity contribution in [2.75, 3.05) is 10.6 Å². The number of hydrogen-bond donors (Lipinski definition) is 2. The van der Waals surface area contributed by atoms with Crippen LogP contribution in [0.2, 0.25) is 0 Å². The number of benzene rings is 2. The molecule has 0 saturated carbocycles. The summed E-state index contributed by atoms with van der Waals surface area (Å²) in [6, 6.07) is 12.6. The topological polar surface area (TPSA) is 67.4 Å². The second kappa shape index (κ2) is 5.43. The van der Waals surface area contributed by atoms with Crippen molar-refractivity contribution in [2.24, 2.45) is 0 Å². The molecule has 23 heavy (non-hydrogen) atoms. The summed E-state index contributed by atoms with van der Waals surface area (Å²) in [6.45, 7) is 5.43. The molecule has 5 heteroatoms. The maximum Gasteiger partial charge on any atom is 0.278 e. The Balaban J connectivity index is 1.86. The number of carbonyl (C=O) groups is 2. The Morgan fingerprint density at radius 2 is 1.87 bits per heavy atom. The summed E-state index contributed by atoms with van der Waals surface area (Å²) >= 11 is 0. The van der Waals surface area contributed by atoms with Crippen LogP contribution in [0.1, 0.15) is 18.1 Å². The summed E-state index contributed by atoms with van der Waals surface area (Å²) in [5, 5.41) is 5.47. The van der Waals surface area contributed by atoms with Crippen LogP contribution in [-0.2, 0) is 9.59 Å². The largest absolute Gasteiger partial charge is 0.466 e. The third-order valence-corrected chi connectivity index (χ3v) is 4.08. The summed E-state index contributed by atoms with van der Waals surface area (Å²) in [6.07, 6.45) is 0. The maximum atomic E-state index is 12.6. The molecule has 1 atom stereocenters. The fourth-order valence-corrected chi connectivity index (χ4v) is 2.39. The van der Waals surface area contributed by atoms with Crippen molar-refractivity contribution in [3.8, 4) is 5.75 Å². The lowest BCUT2D eigenvalue weighted by Crippen LogP contribution is -2.56. The van der Waals surface area contributed by atoms with Gasteiger partial charge >= 0.3 is 0 Å². The number of aryl methyl sites for hydroxylation is 2. The first-order valence-electron chi connectivity index (χ1n) is 7.38. The van der Waals surface area contributed by atoms with E-state index in [1.807, 2.05) is 26.0 Å². The fourth-order valence-electron chi connectivity index (χ4n) is 2.39. The minimum absolute atomic E-state index is 0.477. The molecule has 1 heterocycles. The van der Waals surface area contributed by atoms with Gasteiger partial charge in [-0.15, -0.1) is 0 Å². The van der Waals surface area contributed by atoms with Crippen LogP contribution in [0.15, 0.2) is 42.5 Å². The maximum absolute atomic E-state index is 12.6. The summed E-state index contributed by atoms with van der Waals surface area (Å²) < 4.78 is 5.70. The zero-order chi connectivity index (χ0) is 16.6. The monoisotopic (exact) mass is 310 g/mol. The van der Waals surface area contributed by atoms with Gasteiger partial charge in [0.05, 0.1) is 5.69 Å². The van der Waals surface area contributed by atoms with E-state index in [-0.39, 0.29) is 0 Å². The number of para-hydroxylation sites is 2. The molecule has 0 bridgehead atoms. The van der Waals surface area contributed by atoms with E-state index >= 15 is 0 Å². The van der Waals surface area contributed by atoms with Crippen molar-refractivity contribution in [1.29, 1.82) is 0 Å². The Kier molecular flexibility index (Phi) is 3.56. The zero-order valence-corrected chi connectivity index (χ0v) is 13.3. The smallest absolute Gasteiger partial charge is 0.278 e. The Labute approximate surface area is 134 Å². The molecule has 3 rings (SSSR count). The number of fused-ring (bicyclic) bond motifs is 1. The van der Waals surface area contributed by atoms with Crippen LogP contribution < -0.4 is 15.4 Å². The van der Waals surface area contributed by atoms with Crippen LogP contribution in [0.4, 0.5) is 11.4 Å². The van der Waals surface area contributed by atoms with E-state index in [2.05, 4.69) is 10.6 Å². The standard InChI is InChI=1S/C18H18N2O3/c1-11-8-9-13(10-12(11)2)19-16(21)18(3)17(22)20-14-6-4-5-7-15(14)23-18/h4-10H,1-3H3,(H,19,21)(H,20,22). The summed E-state index contributed by atoms with van der Waals surface area (Å²) in [5.74, 6) is -0.518. The predicted octanol–water partition coefficient (Wildman–Crippen LogP) is 3.03. The highest BCUT2D eigenvalue weighted by Crippen LogP contribution is 2.33. The predicted molar refractivity (Wildman–Crippen MR) is 88.7 cm³/mol. The molecule has 0 spiro atoms. The van der Waals surface area contributed by atoms with Gasteiger partial charge in [0.25, 0.3) is 17.4 Å². The van der Waals surface area contributed by atoms with Crippen molar-refractivity contribution in [3.05, 3.63) is 53.6 Å². The minimum atomic E-state index is -1.62. The van der Waals surface area contributed by atoms with Crippen LogP contribution in [0, 0.1) is 13.8 Å². The van der Waals surface area contributed by atoms with Crippen molar-refractivity contribution in [2.45, 2.75) is 26.4 Å². The Hall–Kier alpha value is -2.82. The molecule has 0 aliphatic carbocycles. The van der Waals surface area contributed by atoms with E-state index in [0.29, 0.717) is 17.1 Å². The molecule has 0 fully saturated rings. The molecule has 2 aromatic carbocycles. The number of carbonyl (C=O) groups excluding carboxylic acids is 2. The quantitative estimate of drug-likeness (QED) is 0.838. The second-order valence-electron chi connectivity index (χ2n) is 5.84. The SMILES string of the molecule is Cc1ccc(NC(=O)C2(C)Oc3ccccc3NC2=O)cc1C. The van der Waals surface area contributed by atoms with Gasteiger partial charge in [-0.05, 0) is 56.2 Å². The molecule has 0 radical (unpaired) electrons. The van der Waals surface area contributed by atoms with Crippen LogP contribution in [-0.4, -0.2) is 17.4 Å². The number of amides is 2. The highest BCUT2D eigenvalue weighted by atomic mass is 16.5. The summed E-state index contributed by atoms with van der Waals surface area (Å²) in [4.78, 5) is 24.9. The van der Waals surface area contributed by atoms with E-state index in [4.69, 9.17) is 4.74 Å². The molecular weight excluding hydrogens is 292 g/mol. The molecule has 1 unspecified atom stereocenters. The van der Waals surface area contributed by atoms with Gasteiger partial charge in [0, 0.05) is 5.69 Å². The number of nitrogens with one attached hydrogen (secondary N) is 2. The summed E-state index contributed by atoms with van der Waals surface area (Å²) in [7, 11) is 0. The average Bonchev–Trinajstić information content (AvgIpc) is 2.52. The van der Waals surface area contributed by atoms with Gasteiger partial charge in [-0.2, -0.15) is 0 Å². The van der Waals surface area contributed by atoms with Crippen molar-refractivity contribution in [1.82, 2.24) is 0 Å². The highest BCUT2D eigenvalue weighted by molar-refractivity contribution is 6.19. The van der Waals surface area contributed by atoms with Gasteiger partial charge in [0.1, 0.15) is 5.75 Å². The van der Waals surface area contributed by atoms with E-state index < -0.39 is 17.4 Å². The van der Waals surface area contributed by atoms with Gasteiger partial charge < -0.3 is 15.4 Å². The lowest BCUT2D eigenvalue weighted by Gasteiger charge is -2.33. The van der Waals surface area contributed by atoms with Gasteiger partial charge in [-0.25, -0.2) is 0 Å². The molecule has 1 aliphatic rings. The van der Waals surface area contributed by atoms with Crippen molar-refractivity contribution < 1.29 is 14.3 Å². The zero-order valence-electron chi connectivity index (χ0n) is 13.3. The third kappa shape index (κ3) is 2.65. The first-order chi connectivity index (χ1) is 10.9.